The maximum atomic E-state index is 14.1. The first-order chi connectivity index (χ1) is 17.8. The molecule has 0 spiro atoms. The van der Waals surface area contributed by atoms with Gasteiger partial charge < -0.3 is 13.9 Å². The highest BCUT2D eigenvalue weighted by atomic mass is 32.1. The number of thiazole rings is 1. The summed E-state index contributed by atoms with van der Waals surface area (Å²) in [6.45, 7) is 6.47. The molecule has 3 heterocycles. The molecule has 1 aliphatic rings. The Morgan fingerprint density at radius 3 is 2.62 bits per heavy atom. The molecule has 2 aromatic heterocycles. The molecule has 2 aromatic carbocycles. The van der Waals surface area contributed by atoms with Gasteiger partial charge in [0.2, 0.25) is 5.76 Å². The number of unbranched alkanes of at least 4 members (excludes halogenated alkanes) is 2. The summed E-state index contributed by atoms with van der Waals surface area (Å²) in [6.07, 6.45) is 3.07. The number of carbonyl (C=O) groups is 1. The second kappa shape index (κ2) is 9.97. The van der Waals surface area contributed by atoms with Gasteiger partial charge in [0.05, 0.1) is 36.4 Å². The van der Waals surface area contributed by atoms with E-state index in [4.69, 9.17) is 13.9 Å². The number of nitrogens with zero attached hydrogens (tertiary/aromatic N) is 2. The molecule has 9 heteroatoms. The first-order valence-electron chi connectivity index (χ1n) is 12.2. The zero-order valence-electron chi connectivity index (χ0n) is 21.1. The lowest BCUT2D eigenvalue weighted by molar-refractivity contribution is 0.0971. The van der Waals surface area contributed by atoms with Crippen molar-refractivity contribution in [2.45, 2.75) is 46.1 Å². The Hall–Kier alpha value is -3.72. The predicted molar refractivity (Wildman–Crippen MR) is 141 cm³/mol. The molecule has 1 unspecified atom stereocenters. The molecule has 1 atom stereocenters. The van der Waals surface area contributed by atoms with Crippen LogP contribution in [0.5, 0.6) is 11.5 Å². The number of hydrogen-bond acceptors (Lipinski definition) is 7. The molecule has 0 radical (unpaired) electrons. The van der Waals surface area contributed by atoms with Crippen molar-refractivity contribution in [1.82, 2.24) is 4.98 Å². The van der Waals surface area contributed by atoms with Crippen LogP contribution < -0.4 is 19.8 Å². The third kappa shape index (κ3) is 4.37. The van der Waals surface area contributed by atoms with Gasteiger partial charge in [-0.2, -0.15) is 0 Å². The number of amides is 1. The number of ether oxygens (including phenoxy) is 2. The van der Waals surface area contributed by atoms with E-state index in [9.17, 15) is 14.0 Å². The van der Waals surface area contributed by atoms with Crippen LogP contribution in [-0.4, -0.2) is 24.6 Å². The smallest absolute Gasteiger partial charge is 0.297 e. The first kappa shape index (κ1) is 25.0. The van der Waals surface area contributed by atoms with Crippen molar-refractivity contribution < 1.29 is 23.1 Å². The van der Waals surface area contributed by atoms with Crippen LogP contribution in [0.3, 0.4) is 0 Å². The van der Waals surface area contributed by atoms with Gasteiger partial charge >= 0.3 is 0 Å². The van der Waals surface area contributed by atoms with Crippen LogP contribution in [0.2, 0.25) is 0 Å². The number of carbonyl (C=O) groups excluding carboxylic acids is 1. The Kier molecular flexibility index (Phi) is 6.72. The van der Waals surface area contributed by atoms with E-state index in [0.717, 1.165) is 35.9 Å². The minimum atomic E-state index is -0.834. The van der Waals surface area contributed by atoms with E-state index in [-0.39, 0.29) is 22.3 Å². The van der Waals surface area contributed by atoms with Crippen LogP contribution in [0.4, 0.5) is 9.52 Å². The highest BCUT2D eigenvalue weighted by Crippen LogP contribution is 2.44. The lowest BCUT2D eigenvalue weighted by Gasteiger charge is -2.23. The van der Waals surface area contributed by atoms with Gasteiger partial charge in [-0.15, -0.1) is 11.3 Å². The summed E-state index contributed by atoms with van der Waals surface area (Å²) in [4.78, 5) is 34.4. The van der Waals surface area contributed by atoms with Crippen molar-refractivity contribution in [1.29, 1.82) is 0 Å². The van der Waals surface area contributed by atoms with Crippen molar-refractivity contribution in [3.05, 3.63) is 79.9 Å². The maximum absolute atomic E-state index is 14.1. The van der Waals surface area contributed by atoms with Gasteiger partial charge in [-0.1, -0.05) is 25.8 Å². The number of benzene rings is 2. The van der Waals surface area contributed by atoms with E-state index in [1.165, 1.54) is 28.4 Å². The highest BCUT2D eigenvalue weighted by molar-refractivity contribution is 7.15. The van der Waals surface area contributed by atoms with Gasteiger partial charge in [-0.05, 0) is 56.2 Å². The number of fused-ring (bicyclic) bond motifs is 2. The minimum Gasteiger partial charge on any atom is -0.493 e. The molecule has 0 bridgehead atoms. The molecule has 1 aliphatic heterocycles. The number of methoxy groups -OCH3 is 1. The quantitative estimate of drug-likeness (QED) is 0.252. The third-order valence-electron chi connectivity index (χ3n) is 6.56. The summed E-state index contributed by atoms with van der Waals surface area (Å²) >= 11 is 1.36. The summed E-state index contributed by atoms with van der Waals surface area (Å²) in [5.74, 6) is -0.0473. The molecular weight excluding hydrogens is 495 g/mol. The Morgan fingerprint density at radius 2 is 1.92 bits per heavy atom. The average molecular weight is 523 g/mol. The molecule has 0 N–H and O–H groups in total. The molecule has 5 rings (SSSR count). The van der Waals surface area contributed by atoms with Crippen molar-refractivity contribution in [3.63, 3.8) is 0 Å². The van der Waals surface area contributed by atoms with E-state index >= 15 is 0 Å². The van der Waals surface area contributed by atoms with Crippen LogP contribution in [-0.2, 0) is 0 Å². The molecule has 0 fully saturated rings. The highest BCUT2D eigenvalue weighted by Gasteiger charge is 2.45. The topological polar surface area (TPSA) is 81.9 Å². The number of aryl methyl sites for hydroxylation is 2. The summed E-state index contributed by atoms with van der Waals surface area (Å²) in [5, 5.41) is 0.526. The normalized spacial score (nSPS) is 14.9. The van der Waals surface area contributed by atoms with E-state index in [1.54, 1.807) is 25.3 Å². The van der Waals surface area contributed by atoms with Gasteiger partial charge in [-0.25, -0.2) is 9.37 Å². The summed E-state index contributed by atoms with van der Waals surface area (Å²) in [6, 6.07) is 8.21. The fourth-order valence-corrected chi connectivity index (χ4v) is 5.46. The molecule has 0 saturated heterocycles. The number of hydrogen-bond donors (Lipinski definition) is 0. The Labute approximate surface area is 217 Å². The van der Waals surface area contributed by atoms with E-state index < -0.39 is 23.2 Å². The van der Waals surface area contributed by atoms with Crippen LogP contribution in [0.25, 0.3) is 11.0 Å². The summed E-state index contributed by atoms with van der Waals surface area (Å²) in [7, 11) is 1.54. The molecule has 1 amide bonds. The van der Waals surface area contributed by atoms with Crippen LogP contribution in [0, 0.1) is 19.7 Å². The van der Waals surface area contributed by atoms with Crippen molar-refractivity contribution in [3.8, 4) is 11.5 Å². The van der Waals surface area contributed by atoms with Gasteiger partial charge in [-0.3, -0.25) is 14.5 Å². The van der Waals surface area contributed by atoms with Gasteiger partial charge in [0.25, 0.3) is 5.91 Å². The van der Waals surface area contributed by atoms with Crippen LogP contribution >= 0.6 is 11.3 Å². The maximum Gasteiger partial charge on any atom is 0.297 e. The monoisotopic (exact) mass is 522 g/mol. The molecule has 4 aromatic rings. The second-order valence-corrected chi connectivity index (χ2v) is 10.2. The molecule has 192 valence electrons. The summed E-state index contributed by atoms with van der Waals surface area (Å²) in [5.41, 5.74) is 1.26. The zero-order chi connectivity index (χ0) is 26.3. The van der Waals surface area contributed by atoms with Crippen molar-refractivity contribution in [2.24, 2.45) is 0 Å². The van der Waals surface area contributed by atoms with Gasteiger partial charge in [0, 0.05) is 4.88 Å². The fraction of sp³-hybridized carbons (Fsp3) is 0.321. The average Bonchev–Trinajstić information content (AvgIpc) is 3.37. The Bertz CT molecular complexity index is 1540. The Morgan fingerprint density at radius 1 is 1.11 bits per heavy atom. The molecule has 0 saturated carbocycles. The van der Waals surface area contributed by atoms with Gasteiger partial charge in [0.1, 0.15) is 11.4 Å². The number of anilines is 1. The number of aromatic nitrogens is 1. The largest absolute Gasteiger partial charge is 0.493 e. The number of rotatable bonds is 8. The number of halogens is 1. The predicted octanol–water partition coefficient (Wildman–Crippen LogP) is 6.33. The zero-order valence-corrected chi connectivity index (χ0v) is 21.9. The van der Waals surface area contributed by atoms with E-state index in [0.29, 0.717) is 28.8 Å². The molecule has 37 heavy (non-hydrogen) atoms. The summed E-state index contributed by atoms with van der Waals surface area (Å²) < 4.78 is 31.5. The first-order valence-corrected chi connectivity index (χ1v) is 13.0. The van der Waals surface area contributed by atoms with Gasteiger partial charge in [0.15, 0.2) is 22.1 Å². The lowest BCUT2D eigenvalue weighted by Crippen LogP contribution is -2.29. The minimum absolute atomic E-state index is 0.0709. The SMILES string of the molecule is CCCCCOc1ccc(C2c3c(oc4ccc(F)cc4c3=O)C(=O)N2c2nc(C)c(C)s2)cc1OC. The Balaban J connectivity index is 1.68. The van der Waals surface area contributed by atoms with Crippen molar-refractivity contribution in [2.75, 3.05) is 18.6 Å². The van der Waals surface area contributed by atoms with Crippen LogP contribution in [0.1, 0.15) is 64.5 Å². The molecule has 7 nitrogen and oxygen atoms in total. The van der Waals surface area contributed by atoms with Crippen LogP contribution in [0.15, 0.2) is 45.6 Å². The van der Waals surface area contributed by atoms with Crippen molar-refractivity contribution >= 4 is 33.3 Å². The molecular formula is C28H27FN2O5S. The second-order valence-electron chi connectivity index (χ2n) is 9.00. The van der Waals surface area contributed by atoms with E-state index in [2.05, 4.69) is 11.9 Å². The van der Waals surface area contributed by atoms with E-state index in [1.807, 2.05) is 13.8 Å². The third-order valence-corrected chi connectivity index (χ3v) is 7.64. The standard InChI is InChI=1S/C28H27FN2O5S/c1-5-6-7-12-35-21-10-8-17(13-22(21)34-4)24-23-25(32)19-14-18(29)9-11-20(19)36-26(23)27(33)31(24)28-30-15(2)16(3)37-28/h8-11,13-14,24H,5-7,12H2,1-4H3. The fourth-order valence-electron chi connectivity index (χ4n) is 4.52. The lowest BCUT2D eigenvalue weighted by atomic mass is 9.98. The molecule has 0 aliphatic carbocycles.